The fraction of sp³-hybridized carbons (Fsp3) is 0. The van der Waals surface area contributed by atoms with Crippen molar-refractivity contribution >= 4 is 0 Å². The molecule has 0 unspecified atom stereocenters. The van der Waals surface area contributed by atoms with E-state index in [1.165, 1.54) is 6.11 Å². The number of rotatable bonds is 0. The van der Waals surface area contributed by atoms with Crippen LogP contribution < -0.4 is 0 Å². The second-order valence-corrected chi connectivity index (χ2v) is 0.129. The van der Waals surface area contributed by atoms with Crippen LogP contribution in [0.15, 0.2) is 0 Å². The largest absolute Gasteiger partial charge is 0.462 e. The van der Waals surface area contributed by atoms with Gasteiger partial charge in [-0.2, -0.15) is 0 Å². The summed E-state index contributed by atoms with van der Waals surface area (Å²) in [6, 6.07) is 0. The van der Waals surface area contributed by atoms with Gasteiger partial charge in [0.2, 0.25) is 0 Å². The summed E-state index contributed by atoms with van der Waals surface area (Å²) >= 11 is 0. The van der Waals surface area contributed by atoms with Gasteiger partial charge in [-0.25, -0.2) is 0 Å². The van der Waals surface area contributed by atoms with E-state index in [-0.39, 0.29) is 5.48 Å². The summed E-state index contributed by atoms with van der Waals surface area (Å²) in [6.07, 6.45) is 5.40. The van der Waals surface area contributed by atoms with Crippen molar-refractivity contribution in [3.8, 4) is 12.5 Å². The minimum Gasteiger partial charge on any atom is -0.462 e. The van der Waals surface area contributed by atoms with Crippen molar-refractivity contribution in [2.45, 2.75) is 0 Å². The molecule has 0 aromatic carbocycles. The Labute approximate surface area is 24.4 Å². The van der Waals surface area contributed by atoms with Crippen LogP contribution in [0, 0.1) is 12.5 Å². The Bertz CT molecular complexity index is 25.5. The molecule has 0 aromatic rings. The van der Waals surface area contributed by atoms with E-state index >= 15 is 0 Å². The molecule has 0 fully saturated rings. The van der Waals surface area contributed by atoms with Crippen molar-refractivity contribution in [2.24, 2.45) is 0 Å². The van der Waals surface area contributed by atoms with E-state index in [0.717, 1.165) is 0 Å². The first kappa shape index (κ1) is 10.3. The van der Waals surface area contributed by atoms with Crippen molar-refractivity contribution in [3.05, 3.63) is 0 Å². The van der Waals surface area contributed by atoms with Gasteiger partial charge in [0.15, 0.2) is 0 Å². The van der Waals surface area contributed by atoms with E-state index in [9.17, 15) is 0 Å². The number of aliphatic hydroxyl groups is 1. The Balaban J connectivity index is 0. The lowest BCUT2D eigenvalue weighted by Crippen LogP contribution is -1.27. The zero-order valence-corrected chi connectivity index (χ0v) is 2.02. The molecule has 0 radical (unpaired) electrons. The zero-order chi connectivity index (χ0) is 2.71. The average molecular weight is 60.1 g/mol. The lowest BCUT2D eigenvalue weighted by Gasteiger charge is -1.32. The maximum atomic E-state index is 7.10. The molecular formula is C2H4O2. The molecule has 0 heterocycles. The Hall–Kier alpha value is -0.680. The number of aliphatic hydroxyl groups excluding tert-OH is 1. The minimum atomic E-state index is 0. The molecule has 2 nitrogen and oxygen atoms in total. The topological polar surface area (TPSA) is 51.7 Å². The van der Waals surface area contributed by atoms with Crippen LogP contribution in [-0.4, -0.2) is 10.6 Å². The van der Waals surface area contributed by atoms with Crippen LogP contribution in [0.25, 0.3) is 0 Å². The molecule has 4 heavy (non-hydrogen) atoms. The molecule has 0 amide bonds. The van der Waals surface area contributed by atoms with Gasteiger partial charge in [-0.05, 0) is 0 Å². The lowest BCUT2D eigenvalue weighted by atomic mass is 11.3. The Kier molecular flexibility index (Phi) is 101. The molecule has 0 aliphatic carbocycles. The van der Waals surface area contributed by atoms with Crippen LogP contribution in [-0.2, 0) is 0 Å². The SMILES string of the molecule is C#CO.O. The van der Waals surface area contributed by atoms with Crippen molar-refractivity contribution in [1.82, 2.24) is 0 Å². The molecule has 24 valence electrons. The third-order valence-corrected chi connectivity index (χ3v) is 0. The molecule has 0 rings (SSSR count). The minimum absolute atomic E-state index is 0. The predicted octanol–water partition coefficient (Wildman–Crippen LogP) is -0.875. The van der Waals surface area contributed by atoms with Gasteiger partial charge in [-0.15, -0.1) is 0 Å². The van der Waals surface area contributed by atoms with Gasteiger partial charge in [0.25, 0.3) is 0 Å². The highest BCUT2D eigenvalue weighted by Crippen LogP contribution is 1.06. The molecule has 2 heteroatoms. The molecular weight excluding hydrogens is 56.0 g/mol. The van der Waals surface area contributed by atoms with Crippen molar-refractivity contribution in [3.63, 3.8) is 0 Å². The average Bonchev–Trinajstić information content (AvgIpc) is 0.918. The van der Waals surface area contributed by atoms with Crippen molar-refractivity contribution in [1.29, 1.82) is 0 Å². The van der Waals surface area contributed by atoms with Crippen LogP contribution in [0.2, 0.25) is 0 Å². The Morgan fingerprint density at radius 1 is 1.75 bits per heavy atom. The number of hydrogen-bond acceptors (Lipinski definition) is 1. The fourth-order valence-electron chi connectivity index (χ4n) is 0. The van der Waals surface area contributed by atoms with Gasteiger partial charge >= 0.3 is 0 Å². The monoisotopic (exact) mass is 60.0 g/mol. The normalized spacial score (nSPS) is 1.75. The molecule has 0 spiro atoms. The van der Waals surface area contributed by atoms with Crippen LogP contribution in [0.4, 0.5) is 0 Å². The molecule has 0 atom stereocenters. The van der Waals surface area contributed by atoms with E-state index in [2.05, 4.69) is 6.42 Å². The van der Waals surface area contributed by atoms with Gasteiger partial charge < -0.3 is 10.6 Å². The summed E-state index contributed by atoms with van der Waals surface area (Å²) in [7, 11) is 0. The van der Waals surface area contributed by atoms with Crippen LogP contribution >= 0.6 is 0 Å². The molecule has 0 saturated carbocycles. The molecule has 0 aliphatic heterocycles. The van der Waals surface area contributed by atoms with Crippen molar-refractivity contribution < 1.29 is 10.6 Å². The number of terminal acetylenes is 1. The first-order valence-electron chi connectivity index (χ1n) is 0.512. The standard InChI is InChI=1S/C2H2O.H2O/c1-2-3;/h1,3H;1H2. The van der Waals surface area contributed by atoms with E-state index in [1.807, 2.05) is 0 Å². The highest BCUT2D eigenvalue weighted by atomic mass is 16.2. The third kappa shape index (κ3) is 0.292. The maximum Gasteiger partial charge on any atom is 0.103 e. The van der Waals surface area contributed by atoms with Gasteiger partial charge in [0, 0.05) is 0 Å². The van der Waals surface area contributed by atoms with Gasteiger partial charge in [-0.1, -0.05) is 6.42 Å². The van der Waals surface area contributed by atoms with E-state index in [1.54, 1.807) is 0 Å². The maximum absolute atomic E-state index is 7.10. The smallest absolute Gasteiger partial charge is 0.103 e. The van der Waals surface area contributed by atoms with Crippen molar-refractivity contribution in [2.75, 3.05) is 0 Å². The summed E-state index contributed by atoms with van der Waals surface area (Å²) in [6.45, 7) is 0. The van der Waals surface area contributed by atoms with Crippen LogP contribution in [0.5, 0.6) is 0 Å². The molecule has 0 bridgehead atoms. The summed E-state index contributed by atoms with van der Waals surface area (Å²) in [5.74, 6) is 0. The Morgan fingerprint density at radius 3 is 1.75 bits per heavy atom. The third-order valence-electron chi connectivity index (χ3n) is 0. The lowest BCUT2D eigenvalue weighted by molar-refractivity contribution is 0.518. The van der Waals surface area contributed by atoms with E-state index in [0.29, 0.717) is 0 Å². The summed E-state index contributed by atoms with van der Waals surface area (Å²) in [5, 5.41) is 7.10. The molecule has 0 saturated heterocycles. The summed E-state index contributed by atoms with van der Waals surface area (Å²) in [5.41, 5.74) is 0. The number of hydrogen-bond donors (Lipinski definition) is 1. The second-order valence-electron chi connectivity index (χ2n) is 0.129. The molecule has 3 N–H and O–H groups in total. The molecule has 0 aromatic heterocycles. The second kappa shape index (κ2) is 39.5. The van der Waals surface area contributed by atoms with Gasteiger partial charge in [0.05, 0.1) is 0 Å². The highest BCUT2D eigenvalue weighted by molar-refractivity contribution is 4.61. The summed E-state index contributed by atoms with van der Waals surface area (Å²) < 4.78 is 0. The van der Waals surface area contributed by atoms with Crippen LogP contribution in [0.3, 0.4) is 0 Å². The van der Waals surface area contributed by atoms with Gasteiger partial charge in [0.1, 0.15) is 6.11 Å². The van der Waals surface area contributed by atoms with E-state index < -0.39 is 0 Å². The summed E-state index contributed by atoms with van der Waals surface area (Å²) in [4.78, 5) is 0. The van der Waals surface area contributed by atoms with E-state index in [4.69, 9.17) is 5.11 Å². The fourth-order valence-corrected chi connectivity index (χ4v) is 0. The quantitative estimate of drug-likeness (QED) is 0.363. The van der Waals surface area contributed by atoms with Gasteiger partial charge in [-0.3, -0.25) is 0 Å². The first-order valence-corrected chi connectivity index (χ1v) is 0.512. The Morgan fingerprint density at radius 2 is 1.75 bits per heavy atom. The highest BCUT2D eigenvalue weighted by Gasteiger charge is 1.06. The predicted molar refractivity (Wildman–Crippen MR) is 14.4 cm³/mol. The molecule has 0 aliphatic rings. The van der Waals surface area contributed by atoms with Crippen LogP contribution in [0.1, 0.15) is 0 Å². The zero-order valence-electron chi connectivity index (χ0n) is 2.02. The first-order chi connectivity index (χ1) is 1.41.